The molecule has 0 saturated heterocycles. The van der Waals surface area contributed by atoms with Crippen molar-refractivity contribution in [1.29, 1.82) is 0 Å². The van der Waals surface area contributed by atoms with Gasteiger partial charge in [-0.2, -0.15) is 11.3 Å². The van der Waals surface area contributed by atoms with E-state index in [0.717, 1.165) is 15.6 Å². The molecule has 6 heteroatoms. The normalized spacial score (nSPS) is 13.5. The summed E-state index contributed by atoms with van der Waals surface area (Å²) in [5.41, 5.74) is 7.91. The van der Waals surface area contributed by atoms with Crippen molar-refractivity contribution in [2.75, 3.05) is 6.26 Å². The lowest BCUT2D eigenvalue weighted by molar-refractivity contribution is 0.601. The van der Waals surface area contributed by atoms with E-state index in [9.17, 15) is 8.42 Å². The van der Waals surface area contributed by atoms with Gasteiger partial charge in [-0.25, -0.2) is 8.42 Å². The monoisotopic (exact) mass is 345 g/mol. The van der Waals surface area contributed by atoms with Gasteiger partial charge in [0, 0.05) is 16.1 Å². The predicted molar refractivity (Wildman–Crippen MR) is 77.6 cm³/mol. The zero-order valence-corrected chi connectivity index (χ0v) is 12.8. The SMILES string of the molecule is CS(=O)(=O)c1cccc(C(N)c2cscc2Br)c1. The molecule has 0 fully saturated rings. The van der Waals surface area contributed by atoms with Crippen molar-refractivity contribution in [2.45, 2.75) is 10.9 Å². The molecule has 2 N–H and O–H groups in total. The van der Waals surface area contributed by atoms with E-state index in [2.05, 4.69) is 15.9 Å². The highest BCUT2D eigenvalue weighted by molar-refractivity contribution is 9.10. The van der Waals surface area contributed by atoms with Crippen LogP contribution in [0.2, 0.25) is 0 Å². The van der Waals surface area contributed by atoms with Crippen molar-refractivity contribution >= 4 is 37.1 Å². The van der Waals surface area contributed by atoms with Gasteiger partial charge in [0.05, 0.1) is 10.9 Å². The molecule has 2 aromatic rings. The fraction of sp³-hybridized carbons (Fsp3) is 0.167. The Balaban J connectivity index is 2.44. The molecule has 1 aromatic carbocycles. The number of benzene rings is 1. The van der Waals surface area contributed by atoms with Crippen LogP contribution in [0.5, 0.6) is 0 Å². The molecule has 0 saturated carbocycles. The number of rotatable bonds is 3. The molecular weight excluding hydrogens is 334 g/mol. The van der Waals surface area contributed by atoms with Gasteiger partial charge in [-0.1, -0.05) is 12.1 Å². The summed E-state index contributed by atoms with van der Waals surface area (Å²) in [5.74, 6) is 0. The van der Waals surface area contributed by atoms with Gasteiger partial charge in [-0.05, 0) is 44.6 Å². The van der Waals surface area contributed by atoms with Crippen LogP contribution in [0.25, 0.3) is 0 Å². The largest absolute Gasteiger partial charge is 0.320 e. The summed E-state index contributed by atoms with van der Waals surface area (Å²) in [6.45, 7) is 0. The Morgan fingerprint density at radius 1 is 1.33 bits per heavy atom. The number of thiophene rings is 1. The average Bonchev–Trinajstić information content (AvgIpc) is 2.73. The van der Waals surface area contributed by atoms with E-state index in [1.165, 1.54) is 6.26 Å². The summed E-state index contributed by atoms with van der Waals surface area (Å²) in [4.78, 5) is 0.293. The molecule has 18 heavy (non-hydrogen) atoms. The Kier molecular flexibility index (Phi) is 3.91. The Labute approximate surface area is 119 Å². The first-order chi connectivity index (χ1) is 8.39. The second kappa shape index (κ2) is 5.13. The van der Waals surface area contributed by atoms with Gasteiger partial charge in [0.1, 0.15) is 0 Å². The van der Waals surface area contributed by atoms with Crippen LogP contribution in [-0.4, -0.2) is 14.7 Å². The number of hydrogen-bond acceptors (Lipinski definition) is 4. The van der Waals surface area contributed by atoms with Crippen LogP contribution in [0.1, 0.15) is 17.2 Å². The molecule has 2 rings (SSSR count). The van der Waals surface area contributed by atoms with E-state index in [1.54, 1.807) is 29.5 Å². The van der Waals surface area contributed by atoms with Crippen molar-refractivity contribution in [3.8, 4) is 0 Å². The third-order valence-corrected chi connectivity index (χ3v) is 5.48. The number of halogens is 1. The lowest BCUT2D eigenvalue weighted by Crippen LogP contribution is -2.12. The first-order valence-corrected chi connectivity index (χ1v) is 8.79. The molecule has 3 nitrogen and oxygen atoms in total. The maximum Gasteiger partial charge on any atom is 0.175 e. The molecule has 0 aliphatic heterocycles. The molecule has 0 spiro atoms. The standard InChI is InChI=1S/C12H12BrNO2S2/c1-18(15,16)9-4-2-3-8(5-9)12(14)10-6-17-7-11(10)13/h2-7,12H,14H2,1H3. The zero-order valence-electron chi connectivity index (χ0n) is 9.63. The van der Waals surface area contributed by atoms with Gasteiger partial charge in [0.2, 0.25) is 0 Å². The minimum absolute atomic E-state index is 0.293. The van der Waals surface area contributed by atoms with Gasteiger partial charge in [-0.3, -0.25) is 0 Å². The number of nitrogens with two attached hydrogens (primary N) is 1. The van der Waals surface area contributed by atoms with Crippen LogP contribution in [0.15, 0.2) is 44.4 Å². The van der Waals surface area contributed by atoms with Crippen molar-refractivity contribution < 1.29 is 8.42 Å². The highest BCUT2D eigenvalue weighted by atomic mass is 79.9. The molecule has 0 aliphatic carbocycles. The van der Waals surface area contributed by atoms with Crippen molar-refractivity contribution in [2.24, 2.45) is 5.73 Å². The lowest BCUT2D eigenvalue weighted by atomic mass is 10.0. The highest BCUT2D eigenvalue weighted by Crippen LogP contribution is 2.30. The molecular formula is C12H12BrNO2S2. The van der Waals surface area contributed by atoms with Crippen molar-refractivity contribution in [1.82, 2.24) is 0 Å². The number of hydrogen-bond donors (Lipinski definition) is 1. The summed E-state index contributed by atoms with van der Waals surface area (Å²) in [5, 5.41) is 3.91. The molecule has 1 heterocycles. The minimum Gasteiger partial charge on any atom is -0.320 e. The first-order valence-electron chi connectivity index (χ1n) is 5.17. The van der Waals surface area contributed by atoms with Crippen molar-refractivity contribution in [3.05, 3.63) is 50.6 Å². The second-order valence-electron chi connectivity index (χ2n) is 4.00. The topological polar surface area (TPSA) is 60.2 Å². The summed E-state index contributed by atoms with van der Waals surface area (Å²) in [6, 6.07) is 6.43. The van der Waals surface area contributed by atoms with Crippen LogP contribution >= 0.6 is 27.3 Å². The van der Waals surface area contributed by atoms with Gasteiger partial charge in [0.25, 0.3) is 0 Å². The second-order valence-corrected chi connectivity index (χ2v) is 7.61. The van der Waals surface area contributed by atoms with E-state index >= 15 is 0 Å². The lowest BCUT2D eigenvalue weighted by Gasteiger charge is -2.12. The first kappa shape index (κ1) is 13.7. The molecule has 0 aliphatic rings. The molecule has 96 valence electrons. The van der Waals surface area contributed by atoms with Crippen LogP contribution in [-0.2, 0) is 9.84 Å². The maximum absolute atomic E-state index is 11.5. The van der Waals surface area contributed by atoms with Gasteiger partial charge >= 0.3 is 0 Å². The van der Waals surface area contributed by atoms with Crippen LogP contribution < -0.4 is 5.73 Å². The highest BCUT2D eigenvalue weighted by Gasteiger charge is 2.15. The molecule has 0 amide bonds. The van der Waals surface area contributed by atoms with Crippen LogP contribution in [0.3, 0.4) is 0 Å². The molecule has 0 bridgehead atoms. The molecule has 1 aromatic heterocycles. The van der Waals surface area contributed by atoms with Crippen LogP contribution in [0.4, 0.5) is 0 Å². The Morgan fingerprint density at radius 3 is 2.61 bits per heavy atom. The number of sulfone groups is 1. The third kappa shape index (κ3) is 2.83. The minimum atomic E-state index is -3.20. The fourth-order valence-corrected chi connectivity index (χ4v) is 3.89. The van der Waals surface area contributed by atoms with E-state index in [-0.39, 0.29) is 6.04 Å². The van der Waals surface area contributed by atoms with E-state index in [1.807, 2.05) is 16.8 Å². The summed E-state index contributed by atoms with van der Waals surface area (Å²) < 4.78 is 24.0. The Bertz CT molecular complexity index is 664. The predicted octanol–water partition coefficient (Wildman–Crippen LogP) is 2.96. The Hall–Kier alpha value is -0.690. The van der Waals surface area contributed by atoms with E-state index < -0.39 is 9.84 Å². The van der Waals surface area contributed by atoms with Crippen LogP contribution in [0, 0.1) is 0 Å². The summed E-state index contributed by atoms with van der Waals surface area (Å²) >= 11 is 4.99. The fourth-order valence-electron chi connectivity index (χ4n) is 1.63. The quantitative estimate of drug-likeness (QED) is 0.930. The van der Waals surface area contributed by atoms with Gasteiger partial charge < -0.3 is 5.73 Å². The molecule has 0 radical (unpaired) electrons. The summed E-state index contributed by atoms with van der Waals surface area (Å²) in [7, 11) is -3.20. The smallest absolute Gasteiger partial charge is 0.175 e. The average molecular weight is 346 g/mol. The van der Waals surface area contributed by atoms with Crippen molar-refractivity contribution in [3.63, 3.8) is 0 Å². The van der Waals surface area contributed by atoms with E-state index in [4.69, 9.17) is 5.73 Å². The summed E-state index contributed by atoms with van der Waals surface area (Å²) in [6.07, 6.45) is 1.19. The molecule has 1 atom stereocenters. The van der Waals surface area contributed by atoms with Gasteiger partial charge in [-0.15, -0.1) is 0 Å². The molecule has 1 unspecified atom stereocenters. The van der Waals surface area contributed by atoms with Gasteiger partial charge in [0.15, 0.2) is 9.84 Å². The maximum atomic E-state index is 11.5. The van der Waals surface area contributed by atoms with E-state index in [0.29, 0.717) is 4.90 Å². The Morgan fingerprint density at radius 2 is 2.06 bits per heavy atom. The zero-order chi connectivity index (χ0) is 13.3. The third-order valence-electron chi connectivity index (χ3n) is 2.62.